The van der Waals surface area contributed by atoms with Crippen LogP contribution in [-0.2, 0) is 9.59 Å². The normalized spacial score (nSPS) is 28.2. The largest absolute Gasteiger partial charge is 0.296 e. The lowest BCUT2D eigenvalue weighted by molar-refractivity contribution is -0.136. The van der Waals surface area contributed by atoms with E-state index in [0.717, 1.165) is 18.5 Å². The Hall–Kier alpha value is -1.97. The Labute approximate surface area is 123 Å². The highest BCUT2D eigenvalue weighted by Crippen LogP contribution is 2.51. The van der Waals surface area contributed by atoms with Crippen LogP contribution in [0.5, 0.6) is 0 Å². The van der Waals surface area contributed by atoms with Crippen LogP contribution in [0.15, 0.2) is 23.9 Å². The minimum Gasteiger partial charge on any atom is -0.296 e. The number of hydrogen-bond acceptors (Lipinski definition) is 3. The molecule has 0 spiro atoms. The van der Waals surface area contributed by atoms with Crippen molar-refractivity contribution in [1.82, 2.24) is 10.3 Å². The fourth-order valence-corrected chi connectivity index (χ4v) is 4.13. The van der Waals surface area contributed by atoms with Crippen molar-refractivity contribution in [1.29, 1.82) is 0 Å². The van der Waals surface area contributed by atoms with Crippen LogP contribution >= 0.6 is 0 Å². The zero-order valence-corrected chi connectivity index (χ0v) is 11.9. The molecule has 0 saturated carbocycles. The summed E-state index contributed by atoms with van der Waals surface area (Å²) in [5, 5.41) is 2.50. The van der Waals surface area contributed by atoms with Crippen molar-refractivity contribution in [2.45, 2.75) is 44.4 Å². The van der Waals surface area contributed by atoms with Gasteiger partial charge in [0.05, 0.1) is 11.6 Å². The van der Waals surface area contributed by atoms with Gasteiger partial charge in [0.25, 0.3) is 0 Å². The summed E-state index contributed by atoms with van der Waals surface area (Å²) in [7, 11) is 0. The number of piperidine rings is 1. The second-order valence-corrected chi connectivity index (χ2v) is 6.18. The molecule has 1 aromatic rings. The van der Waals surface area contributed by atoms with Crippen molar-refractivity contribution >= 4 is 17.4 Å². The first-order valence-corrected chi connectivity index (χ1v) is 7.76. The highest BCUT2D eigenvalue weighted by atomic mass is 16.2. The Morgan fingerprint density at radius 3 is 2.86 bits per heavy atom. The molecule has 1 N–H and O–H groups in total. The molecule has 4 nitrogen and oxygen atoms in total. The molecule has 0 bridgehead atoms. The number of fused-ring (bicyclic) bond motifs is 2. The van der Waals surface area contributed by atoms with E-state index in [1.165, 1.54) is 29.6 Å². The summed E-state index contributed by atoms with van der Waals surface area (Å²) in [5.41, 5.74) is 5.12. The number of rotatable bonds is 1. The van der Waals surface area contributed by atoms with E-state index in [1.807, 2.05) is 12.3 Å². The standard InChI is InChI=1S/C17H18N2O2/c20-14-8-7-13(17(21)19-14)15-11-5-2-1-4-10(11)12-6-3-9-18-16(12)15/h3,6,9,13,15H,1-2,4-5,7-8H2,(H,19,20,21). The third kappa shape index (κ3) is 1.93. The molecule has 1 aromatic heterocycles. The molecule has 4 heteroatoms. The molecule has 108 valence electrons. The molecule has 0 aromatic carbocycles. The van der Waals surface area contributed by atoms with Gasteiger partial charge in [-0.1, -0.05) is 11.6 Å². The minimum atomic E-state index is -0.145. The number of allylic oxidation sites excluding steroid dienone is 2. The molecule has 4 rings (SSSR count). The van der Waals surface area contributed by atoms with Crippen LogP contribution in [-0.4, -0.2) is 16.8 Å². The number of nitrogens with one attached hydrogen (secondary N) is 1. The number of carbonyl (C=O) groups is 2. The number of pyridine rings is 1. The minimum absolute atomic E-state index is 0.0876. The van der Waals surface area contributed by atoms with Gasteiger partial charge in [0.15, 0.2) is 0 Å². The summed E-state index contributed by atoms with van der Waals surface area (Å²) in [6, 6.07) is 4.11. The molecule has 2 amide bonds. The van der Waals surface area contributed by atoms with Gasteiger partial charge in [-0.15, -0.1) is 0 Å². The molecule has 2 atom stereocenters. The Balaban J connectivity index is 1.78. The van der Waals surface area contributed by atoms with E-state index in [0.29, 0.717) is 12.8 Å². The lowest BCUT2D eigenvalue weighted by Gasteiger charge is -2.29. The van der Waals surface area contributed by atoms with Gasteiger partial charge >= 0.3 is 0 Å². The number of carbonyl (C=O) groups excluding carboxylic acids is 2. The second kappa shape index (κ2) is 4.79. The molecule has 3 aliphatic rings. The first-order chi connectivity index (χ1) is 10.3. The number of amides is 2. The van der Waals surface area contributed by atoms with E-state index in [4.69, 9.17) is 0 Å². The monoisotopic (exact) mass is 282 g/mol. The van der Waals surface area contributed by atoms with Crippen molar-refractivity contribution in [2.24, 2.45) is 5.92 Å². The maximum absolute atomic E-state index is 12.3. The molecular weight excluding hydrogens is 264 g/mol. The van der Waals surface area contributed by atoms with Gasteiger partial charge in [-0.3, -0.25) is 19.9 Å². The molecule has 1 saturated heterocycles. The fraction of sp³-hybridized carbons (Fsp3) is 0.471. The molecule has 2 aliphatic carbocycles. The van der Waals surface area contributed by atoms with Crippen LogP contribution < -0.4 is 5.32 Å². The molecule has 2 heterocycles. The molecule has 1 fully saturated rings. The Bertz CT molecular complexity index is 663. The maximum atomic E-state index is 12.3. The van der Waals surface area contributed by atoms with E-state index < -0.39 is 0 Å². The topological polar surface area (TPSA) is 59.1 Å². The highest BCUT2D eigenvalue weighted by molar-refractivity contribution is 5.99. The summed E-state index contributed by atoms with van der Waals surface area (Å²) in [4.78, 5) is 28.3. The number of imide groups is 1. The highest BCUT2D eigenvalue weighted by Gasteiger charge is 2.42. The summed E-state index contributed by atoms with van der Waals surface area (Å²) in [6.45, 7) is 0. The lowest BCUT2D eigenvalue weighted by atomic mass is 9.77. The molecule has 21 heavy (non-hydrogen) atoms. The Kier molecular flexibility index (Phi) is 2.91. The second-order valence-electron chi connectivity index (χ2n) is 6.18. The molecule has 1 aliphatic heterocycles. The average Bonchev–Trinajstić information content (AvgIpc) is 2.82. The van der Waals surface area contributed by atoms with E-state index in [-0.39, 0.29) is 23.7 Å². The van der Waals surface area contributed by atoms with Gasteiger partial charge in [0.2, 0.25) is 11.8 Å². The van der Waals surface area contributed by atoms with E-state index >= 15 is 0 Å². The molecule has 2 unspecified atom stereocenters. The van der Waals surface area contributed by atoms with Crippen LogP contribution in [0.2, 0.25) is 0 Å². The van der Waals surface area contributed by atoms with Gasteiger partial charge in [0.1, 0.15) is 0 Å². The van der Waals surface area contributed by atoms with Crippen molar-refractivity contribution < 1.29 is 9.59 Å². The van der Waals surface area contributed by atoms with Gasteiger partial charge in [-0.2, -0.15) is 0 Å². The predicted octanol–water partition coefficient (Wildman–Crippen LogP) is 2.56. The Morgan fingerprint density at radius 1 is 1.14 bits per heavy atom. The van der Waals surface area contributed by atoms with Gasteiger partial charge < -0.3 is 0 Å². The summed E-state index contributed by atoms with van der Waals surface area (Å²) in [5.74, 6) is -0.313. The van der Waals surface area contributed by atoms with E-state index in [2.05, 4.69) is 16.4 Å². The number of hydrogen-bond donors (Lipinski definition) is 1. The maximum Gasteiger partial charge on any atom is 0.230 e. The van der Waals surface area contributed by atoms with Crippen LogP contribution in [0.25, 0.3) is 5.57 Å². The summed E-state index contributed by atoms with van der Waals surface area (Å²) in [6.07, 6.45) is 7.47. The van der Waals surface area contributed by atoms with Crippen LogP contribution in [0.4, 0.5) is 0 Å². The number of nitrogens with zero attached hydrogens (tertiary/aromatic N) is 1. The van der Waals surface area contributed by atoms with Gasteiger partial charge in [-0.05, 0) is 49.3 Å². The van der Waals surface area contributed by atoms with Crippen LogP contribution in [0, 0.1) is 5.92 Å². The van der Waals surface area contributed by atoms with Crippen molar-refractivity contribution in [3.63, 3.8) is 0 Å². The summed E-state index contributed by atoms with van der Waals surface area (Å²) < 4.78 is 0. The van der Waals surface area contributed by atoms with Crippen LogP contribution in [0.1, 0.15) is 55.7 Å². The Morgan fingerprint density at radius 2 is 2.00 bits per heavy atom. The molecule has 0 radical (unpaired) electrons. The van der Waals surface area contributed by atoms with Crippen molar-refractivity contribution in [3.05, 3.63) is 35.2 Å². The van der Waals surface area contributed by atoms with Gasteiger partial charge in [0, 0.05) is 18.5 Å². The van der Waals surface area contributed by atoms with Crippen molar-refractivity contribution in [2.75, 3.05) is 0 Å². The third-order valence-electron chi connectivity index (χ3n) is 5.03. The quantitative estimate of drug-likeness (QED) is 0.805. The summed E-state index contributed by atoms with van der Waals surface area (Å²) >= 11 is 0. The predicted molar refractivity (Wildman–Crippen MR) is 78.2 cm³/mol. The first kappa shape index (κ1) is 12.7. The SMILES string of the molecule is O=C1CCC(C2C3=C(CCCC3)c3cccnc32)C(=O)N1. The fourth-order valence-electron chi connectivity index (χ4n) is 4.13. The zero-order chi connectivity index (χ0) is 14.4. The zero-order valence-electron chi connectivity index (χ0n) is 11.9. The average molecular weight is 282 g/mol. The van der Waals surface area contributed by atoms with Gasteiger partial charge in [-0.25, -0.2) is 0 Å². The van der Waals surface area contributed by atoms with E-state index in [1.54, 1.807) is 0 Å². The van der Waals surface area contributed by atoms with E-state index in [9.17, 15) is 9.59 Å². The number of aromatic nitrogens is 1. The third-order valence-corrected chi connectivity index (χ3v) is 5.03. The smallest absolute Gasteiger partial charge is 0.230 e. The van der Waals surface area contributed by atoms with Crippen molar-refractivity contribution in [3.8, 4) is 0 Å². The van der Waals surface area contributed by atoms with Crippen LogP contribution in [0.3, 0.4) is 0 Å². The molecular formula is C17H18N2O2. The first-order valence-electron chi connectivity index (χ1n) is 7.76. The lowest BCUT2D eigenvalue weighted by Crippen LogP contribution is -2.43.